The maximum atomic E-state index is 13.4. The van der Waals surface area contributed by atoms with Crippen LogP contribution in [0.15, 0.2) is 94.6 Å². The number of aromatic hydroxyl groups is 1. The van der Waals surface area contributed by atoms with Crippen molar-refractivity contribution >= 4 is 5.57 Å². The number of benzene rings is 1. The minimum atomic E-state index is -4.48. The van der Waals surface area contributed by atoms with Gasteiger partial charge in [0.1, 0.15) is 5.75 Å². The smallest absolute Gasteiger partial charge is 0.416 e. The highest BCUT2D eigenvalue weighted by atomic mass is 19.4. The van der Waals surface area contributed by atoms with E-state index in [-0.39, 0.29) is 17.9 Å². The van der Waals surface area contributed by atoms with E-state index >= 15 is 0 Å². The van der Waals surface area contributed by atoms with Crippen LogP contribution in [0.2, 0.25) is 0 Å². The highest BCUT2D eigenvalue weighted by Crippen LogP contribution is 2.38. The van der Waals surface area contributed by atoms with E-state index in [2.05, 4.69) is 46.4 Å². The maximum Gasteiger partial charge on any atom is 0.416 e. The minimum Gasteiger partial charge on any atom is -0.508 e. The molecule has 0 amide bonds. The fourth-order valence-corrected chi connectivity index (χ4v) is 5.12. The Morgan fingerprint density at radius 3 is 2.63 bits per heavy atom. The van der Waals surface area contributed by atoms with Gasteiger partial charge < -0.3 is 15.3 Å². The van der Waals surface area contributed by atoms with Crippen LogP contribution in [0.4, 0.5) is 13.2 Å². The van der Waals surface area contributed by atoms with Crippen molar-refractivity contribution in [3.63, 3.8) is 0 Å². The summed E-state index contributed by atoms with van der Waals surface area (Å²) in [4.78, 5) is 6.34. The van der Waals surface area contributed by atoms with Crippen LogP contribution in [-0.4, -0.2) is 28.1 Å². The van der Waals surface area contributed by atoms with Crippen molar-refractivity contribution in [2.75, 3.05) is 13.1 Å². The summed E-state index contributed by atoms with van der Waals surface area (Å²) in [5.41, 5.74) is 7.97. The second-order valence-electron chi connectivity index (χ2n) is 9.87. The molecule has 1 aromatic heterocycles. The number of nitrogens with zero attached hydrogens (tertiary/aromatic N) is 2. The van der Waals surface area contributed by atoms with Crippen molar-refractivity contribution in [3.05, 3.63) is 111 Å². The lowest BCUT2D eigenvalue weighted by molar-refractivity contribution is -0.137. The van der Waals surface area contributed by atoms with Gasteiger partial charge in [0.25, 0.3) is 0 Å². The first-order valence-corrected chi connectivity index (χ1v) is 12.8. The maximum absolute atomic E-state index is 13.4. The van der Waals surface area contributed by atoms with E-state index < -0.39 is 11.7 Å². The third-order valence-corrected chi connectivity index (χ3v) is 6.99. The summed E-state index contributed by atoms with van der Waals surface area (Å²) in [5, 5.41) is 14.0. The first-order chi connectivity index (χ1) is 18.1. The molecular formula is C31H34F3N3O. The Kier molecular flexibility index (Phi) is 8.14. The molecule has 0 saturated carbocycles. The second kappa shape index (κ2) is 11.3. The van der Waals surface area contributed by atoms with Crippen molar-refractivity contribution < 1.29 is 18.3 Å². The van der Waals surface area contributed by atoms with E-state index in [1.807, 2.05) is 33.0 Å². The number of phenolic OH excluding ortho intramolecular Hbond substituents is 1. The fraction of sp³-hybridized carbons (Fsp3) is 0.323. The predicted molar refractivity (Wildman–Crippen MR) is 146 cm³/mol. The number of allylic oxidation sites excluding steroid dienone is 8. The molecule has 2 heterocycles. The highest BCUT2D eigenvalue weighted by molar-refractivity contribution is 5.76. The van der Waals surface area contributed by atoms with Gasteiger partial charge in [0.2, 0.25) is 0 Å². The van der Waals surface area contributed by atoms with Crippen molar-refractivity contribution in [1.29, 1.82) is 0 Å². The van der Waals surface area contributed by atoms with Crippen LogP contribution in [0.3, 0.4) is 0 Å². The van der Waals surface area contributed by atoms with E-state index in [0.29, 0.717) is 6.54 Å². The molecule has 0 unspecified atom stereocenters. The zero-order valence-corrected chi connectivity index (χ0v) is 22.3. The summed E-state index contributed by atoms with van der Waals surface area (Å²) in [5.74, 6) is -0.139. The molecule has 1 aliphatic heterocycles. The van der Waals surface area contributed by atoms with E-state index in [1.165, 1.54) is 5.57 Å². The summed E-state index contributed by atoms with van der Waals surface area (Å²) in [7, 11) is 0. The topological polar surface area (TPSA) is 48.4 Å². The van der Waals surface area contributed by atoms with Crippen molar-refractivity contribution in [1.82, 2.24) is 15.2 Å². The molecule has 2 aromatic rings. The van der Waals surface area contributed by atoms with Gasteiger partial charge in [-0.15, -0.1) is 0 Å². The van der Waals surface area contributed by atoms with E-state index in [1.54, 1.807) is 6.20 Å². The summed E-state index contributed by atoms with van der Waals surface area (Å²) >= 11 is 0. The molecule has 1 aromatic carbocycles. The molecule has 7 heteroatoms. The minimum absolute atomic E-state index is 0.139. The van der Waals surface area contributed by atoms with Crippen LogP contribution >= 0.6 is 0 Å². The average molecular weight is 522 g/mol. The summed E-state index contributed by atoms with van der Waals surface area (Å²) in [6.45, 7) is 9.69. The number of pyridine rings is 1. The second-order valence-corrected chi connectivity index (χ2v) is 9.87. The lowest BCUT2D eigenvalue weighted by Crippen LogP contribution is -2.27. The molecular weight excluding hydrogens is 487 g/mol. The SMILES string of the molecule is C/C=C(C1=CCC(c2cccnc2)=C1)\C(C)=C1/C(=C(C)C)NCCCN1Cc1cc(C(F)(F)F)ccc1O. The summed E-state index contributed by atoms with van der Waals surface area (Å²) < 4.78 is 40.3. The van der Waals surface area contributed by atoms with Gasteiger partial charge in [0.15, 0.2) is 0 Å². The Morgan fingerprint density at radius 2 is 1.97 bits per heavy atom. The Bertz CT molecular complexity index is 1340. The number of phenols is 1. The number of halogens is 3. The molecule has 1 aliphatic carbocycles. The van der Waals surface area contributed by atoms with Gasteiger partial charge in [-0.2, -0.15) is 13.2 Å². The number of aromatic nitrogens is 1. The molecule has 4 rings (SSSR count). The van der Waals surface area contributed by atoms with Crippen molar-refractivity contribution in [2.45, 2.75) is 53.3 Å². The zero-order chi connectivity index (χ0) is 27.4. The first kappa shape index (κ1) is 27.3. The van der Waals surface area contributed by atoms with Crippen LogP contribution in [0.25, 0.3) is 5.57 Å². The molecule has 2 N–H and O–H groups in total. The van der Waals surface area contributed by atoms with Crippen LogP contribution in [0, 0.1) is 0 Å². The Balaban J connectivity index is 1.78. The van der Waals surface area contributed by atoms with Gasteiger partial charge in [0, 0.05) is 37.6 Å². The van der Waals surface area contributed by atoms with Gasteiger partial charge in [-0.05, 0) is 92.7 Å². The lowest BCUT2D eigenvalue weighted by Gasteiger charge is -2.30. The standard InChI is InChI=1S/C31H34F3N3O/c1-5-27(23-10-9-22(16-23)24-8-6-13-35-18-24)21(4)30-29(20(2)3)36-14-7-15-37(30)19-25-17-26(31(32,33)34)11-12-28(25)38/h5-6,8,10-13,16-18,36,38H,7,9,14-15,19H2,1-4H3/b27-5+,30-21+. The molecule has 0 radical (unpaired) electrons. The molecule has 0 atom stereocenters. The van der Waals surface area contributed by atoms with Crippen molar-refractivity contribution in [2.24, 2.45) is 0 Å². The van der Waals surface area contributed by atoms with Gasteiger partial charge in [0.05, 0.1) is 17.0 Å². The number of hydrogen-bond donors (Lipinski definition) is 2. The molecule has 0 spiro atoms. The quantitative estimate of drug-likeness (QED) is 0.427. The molecule has 4 nitrogen and oxygen atoms in total. The van der Waals surface area contributed by atoms with Gasteiger partial charge in [-0.1, -0.05) is 29.9 Å². The first-order valence-electron chi connectivity index (χ1n) is 12.8. The Morgan fingerprint density at radius 1 is 1.18 bits per heavy atom. The van der Waals surface area contributed by atoms with Gasteiger partial charge >= 0.3 is 6.18 Å². The van der Waals surface area contributed by atoms with Crippen LogP contribution in [0.1, 0.15) is 57.2 Å². The highest BCUT2D eigenvalue weighted by Gasteiger charge is 2.32. The zero-order valence-electron chi connectivity index (χ0n) is 22.3. The van der Waals surface area contributed by atoms with Crippen LogP contribution in [-0.2, 0) is 12.7 Å². The Labute approximate surface area is 222 Å². The number of alkyl halides is 3. The van der Waals surface area contributed by atoms with Crippen LogP contribution in [0.5, 0.6) is 5.75 Å². The summed E-state index contributed by atoms with van der Waals surface area (Å²) in [6, 6.07) is 7.09. The molecule has 1 fully saturated rings. The molecule has 2 aliphatic rings. The monoisotopic (exact) mass is 521 g/mol. The predicted octanol–water partition coefficient (Wildman–Crippen LogP) is 7.53. The largest absolute Gasteiger partial charge is 0.508 e. The van der Waals surface area contributed by atoms with E-state index in [0.717, 1.165) is 76.8 Å². The van der Waals surface area contributed by atoms with Crippen molar-refractivity contribution in [3.8, 4) is 5.75 Å². The lowest BCUT2D eigenvalue weighted by atomic mass is 9.94. The molecule has 0 bridgehead atoms. The van der Waals surface area contributed by atoms with Gasteiger partial charge in [-0.25, -0.2) is 0 Å². The normalized spacial score (nSPS) is 18.0. The van der Waals surface area contributed by atoms with Gasteiger partial charge in [-0.3, -0.25) is 4.98 Å². The summed E-state index contributed by atoms with van der Waals surface area (Å²) in [6.07, 6.45) is 7.24. The molecule has 200 valence electrons. The van der Waals surface area contributed by atoms with Crippen LogP contribution < -0.4 is 5.32 Å². The molecule has 1 saturated heterocycles. The fourth-order valence-electron chi connectivity index (χ4n) is 5.12. The van der Waals surface area contributed by atoms with E-state index in [4.69, 9.17) is 0 Å². The molecule has 38 heavy (non-hydrogen) atoms. The number of rotatable bonds is 5. The third kappa shape index (κ3) is 5.87. The Hall–Kier alpha value is -3.74. The number of hydrogen-bond acceptors (Lipinski definition) is 4. The number of nitrogens with one attached hydrogen (secondary N) is 1. The van der Waals surface area contributed by atoms with E-state index in [9.17, 15) is 18.3 Å². The third-order valence-electron chi connectivity index (χ3n) is 6.99. The average Bonchev–Trinajstić information content (AvgIpc) is 3.26.